The minimum absolute atomic E-state index is 0.0168. The molecule has 0 heterocycles. The van der Waals surface area contributed by atoms with Crippen molar-refractivity contribution in [3.8, 4) is 5.75 Å². The second kappa shape index (κ2) is 7.55. The van der Waals surface area contributed by atoms with Crippen molar-refractivity contribution >= 4 is 26.6 Å². The van der Waals surface area contributed by atoms with E-state index in [1.165, 1.54) is 12.1 Å². The fourth-order valence-electron chi connectivity index (χ4n) is 2.44. The lowest BCUT2D eigenvalue weighted by Gasteiger charge is -2.08. The molecule has 0 bridgehead atoms. The first-order valence-electron chi connectivity index (χ1n) is 7.81. The van der Waals surface area contributed by atoms with E-state index in [0.29, 0.717) is 0 Å². The minimum Gasteiger partial charge on any atom is -0.478 e. The highest BCUT2D eigenvalue weighted by molar-refractivity contribution is 7.91. The topological polar surface area (TPSA) is 89.9 Å². The van der Waals surface area contributed by atoms with Gasteiger partial charge in [-0.05, 0) is 35.0 Å². The summed E-state index contributed by atoms with van der Waals surface area (Å²) in [7, 11) is -3.55. The molecule has 0 spiro atoms. The van der Waals surface area contributed by atoms with Crippen LogP contribution in [0.15, 0.2) is 71.6 Å². The zero-order chi connectivity index (χ0) is 18.6. The van der Waals surface area contributed by atoms with Gasteiger partial charge in [0, 0.05) is 0 Å². The molecular formula is C19H16O6S. The Hall–Kier alpha value is -2.90. The summed E-state index contributed by atoms with van der Waals surface area (Å²) in [4.78, 5) is 21.1. The van der Waals surface area contributed by atoms with Gasteiger partial charge in [-0.1, -0.05) is 42.5 Å². The van der Waals surface area contributed by atoms with Gasteiger partial charge >= 0.3 is 5.97 Å². The molecule has 0 saturated carbocycles. The van der Waals surface area contributed by atoms with Gasteiger partial charge in [-0.15, -0.1) is 0 Å². The Morgan fingerprint density at radius 1 is 0.923 bits per heavy atom. The van der Waals surface area contributed by atoms with Crippen molar-refractivity contribution < 1.29 is 28.1 Å². The molecule has 3 rings (SSSR count). The quantitative estimate of drug-likeness (QED) is 0.389. The number of benzene rings is 3. The third-order valence-electron chi connectivity index (χ3n) is 3.78. The first-order chi connectivity index (χ1) is 12.5. The maximum Gasteiger partial charge on any atom is 0.339 e. The van der Waals surface area contributed by atoms with E-state index >= 15 is 0 Å². The van der Waals surface area contributed by atoms with Crippen LogP contribution in [0.3, 0.4) is 0 Å². The van der Waals surface area contributed by atoms with Crippen LogP contribution in [0.1, 0.15) is 10.4 Å². The summed E-state index contributed by atoms with van der Waals surface area (Å²) in [6, 6.07) is 18.4. The van der Waals surface area contributed by atoms with Crippen LogP contribution in [0.4, 0.5) is 0 Å². The van der Waals surface area contributed by atoms with Crippen LogP contribution in [0.25, 0.3) is 10.8 Å². The van der Waals surface area contributed by atoms with Gasteiger partial charge in [0.05, 0.1) is 10.6 Å². The number of fused-ring (bicyclic) bond motifs is 1. The number of rotatable bonds is 7. The summed E-state index contributed by atoms with van der Waals surface area (Å²) in [5.41, 5.74) is -0.0649. The maximum absolute atomic E-state index is 12.4. The summed E-state index contributed by atoms with van der Waals surface area (Å²) in [6.07, 6.45) is 0. The highest BCUT2D eigenvalue weighted by atomic mass is 32.2. The van der Waals surface area contributed by atoms with Crippen LogP contribution in [-0.2, 0) is 14.7 Å². The smallest absolute Gasteiger partial charge is 0.339 e. The largest absolute Gasteiger partial charge is 0.478 e. The molecule has 0 fully saturated rings. The summed E-state index contributed by atoms with van der Waals surface area (Å²) < 4.78 is 24.9. The molecule has 0 aromatic heterocycles. The lowest BCUT2D eigenvalue weighted by atomic mass is 10.1. The molecule has 0 unspecified atom stereocenters. The first-order valence-corrected chi connectivity index (χ1v) is 9.46. The van der Waals surface area contributed by atoms with Gasteiger partial charge in [-0.25, -0.2) is 13.2 Å². The standard InChI is InChI=1S/C19H16O6S/c20-19(21)17-7-3-4-8-18(17)25-24-11-12-26(22,23)16-10-9-14-5-1-2-6-15(14)13-16/h1-10,13H,11-12H2,(H,20,21). The number of hydrogen-bond acceptors (Lipinski definition) is 5. The van der Waals surface area contributed by atoms with E-state index in [0.717, 1.165) is 10.8 Å². The number of para-hydroxylation sites is 1. The predicted octanol–water partition coefficient (Wildman–Crippen LogP) is 3.32. The average molecular weight is 372 g/mol. The molecule has 0 aliphatic heterocycles. The van der Waals surface area contributed by atoms with Crippen LogP contribution >= 0.6 is 0 Å². The Balaban J connectivity index is 1.64. The Morgan fingerprint density at radius 3 is 2.38 bits per heavy atom. The lowest BCUT2D eigenvalue weighted by Crippen LogP contribution is -2.14. The van der Waals surface area contributed by atoms with Crippen LogP contribution in [0.2, 0.25) is 0 Å². The third-order valence-corrected chi connectivity index (χ3v) is 5.46. The van der Waals surface area contributed by atoms with Crippen LogP contribution < -0.4 is 4.89 Å². The van der Waals surface area contributed by atoms with Gasteiger partial charge in [0.1, 0.15) is 12.2 Å². The molecule has 0 saturated heterocycles. The molecule has 0 aliphatic carbocycles. The van der Waals surface area contributed by atoms with E-state index in [1.54, 1.807) is 30.3 Å². The van der Waals surface area contributed by atoms with Crippen LogP contribution in [0.5, 0.6) is 5.75 Å². The zero-order valence-electron chi connectivity index (χ0n) is 13.7. The summed E-state index contributed by atoms with van der Waals surface area (Å²) in [5.74, 6) is -1.43. The van der Waals surface area contributed by atoms with Crippen molar-refractivity contribution in [2.45, 2.75) is 4.90 Å². The number of aromatic carboxylic acids is 1. The molecular weight excluding hydrogens is 356 g/mol. The molecule has 0 atom stereocenters. The maximum atomic E-state index is 12.4. The van der Waals surface area contributed by atoms with Gasteiger partial charge in [-0.3, -0.25) is 0 Å². The van der Waals surface area contributed by atoms with Gasteiger partial charge in [0.25, 0.3) is 0 Å². The second-order valence-electron chi connectivity index (χ2n) is 5.53. The number of carboxylic acids is 1. The molecule has 26 heavy (non-hydrogen) atoms. The Labute approximate surface area is 150 Å². The van der Waals surface area contributed by atoms with Gasteiger partial charge in [0.2, 0.25) is 0 Å². The van der Waals surface area contributed by atoms with E-state index in [-0.39, 0.29) is 28.6 Å². The molecule has 0 aliphatic rings. The number of carbonyl (C=O) groups is 1. The molecule has 0 radical (unpaired) electrons. The SMILES string of the molecule is O=C(O)c1ccccc1OOCCS(=O)(=O)c1ccc2ccccc2c1. The molecule has 3 aromatic carbocycles. The lowest BCUT2D eigenvalue weighted by molar-refractivity contribution is -0.201. The second-order valence-corrected chi connectivity index (χ2v) is 7.64. The van der Waals surface area contributed by atoms with E-state index < -0.39 is 15.8 Å². The number of sulfone groups is 1. The summed E-state index contributed by atoms with van der Waals surface area (Å²) in [5, 5.41) is 10.8. The van der Waals surface area contributed by atoms with Crippen LogP contribution in [0, 0.1) is 0 Å². The van der Waals surface area contributed by atoms with E-state index in [9.17, 15) is 13.2 Å². The minimum atomic E-state index is -3.55. The normalized spacial score (nSPS) is 11.4. The predicted molar refractivity (Wildman–Crippen MR) is 96.0 cm³/mol. The molecule has 0 amide bonds. The first kappa shape index (κ1) is 17.9. The van der Waals surface area contributed by atoms with Gasteiger partial charge in [0.15, 0.2) is 15.6 Å². The van der Waals surface area contributed by atoms with Gasteiger partial charge < -0.3 is 9.99 Å². The average Bonchev–Trinajstić information content (AvgIpc) is 2.65. The van der Waals surface area contributed by atoms with Crippen molar-refractivity contribution in [2.75, 3.05) is 12.4 Å². The van der Waals surface area contributed by atoms with E-state index in [4.69, 9.17) is 14.9 Å². The Kier molecular flexibility index (Phi) is 5.20. The van der Waals surface area contributed by atoms with Crippen molar-refractivity contribution in [1.82, 2.24) is 0 Å². The van der Waals surface area contributed by atoms with E-state index in [1.807, 2.05) is 24.3 Å². The zero-order valence-corrected chi connectivity index (χ0v) is 14.5. The van der Waals surface area contributed by atoms with Gasteiger partial charge in [-0.2, -0.15) is 4.89 Å². The molecule has 6 nitrogen and oxygen atoms in total. The molecule has 134 valence electrons. The van der Waals surface area contributed by atoms with Crippen molar-refractivity contribution in [3.63, 3.8) is 0 Å². The molecule has 1 N–H and O–H groups in total. The van der Waals surface area contributed by atoms with Crippen LogP contribution in [-0.4, -0.2) is 31.9 Å². The molecule has 7 heteroatoms. The fourth-order valence-corrected chi connectivity index (χ4v) is 3.55. The third kappa shape index (κ3) is 4.01. The van der Waals surface area contributed by atoms with Crippen molar-refractivity contribution in [3.05, 3.63) is 72.3 Å². The summed E-state index contributed by atoms with van der Waals surface area (Å²) >= 11 is 0. The number of hydrogen-bond donors (Lipinski definition) is 1. The van der Waals surface area contributed by atoms with Crippen molar-refractivity contribution in [1.29, 1.82) is 0 Å². The van der Waals surface area contributed by atoms with E-state index in [2.05, 4.69) is 0 Å². The highest BCUT2D eigenvalue weighted by Crippen LogP contribution is 2.21. The highest BCUT2D eigenvalue weighted by Gasteiger charge is 2.16. The molecule has 3 aromatic rings. The Morgan fingerprint density at radius 2 is 1.62 bits per heavy atom. The van der Waals surface area contributed by atoms with Crippen molar-refractivity contribution in [2.24, 2.45) is 0 Å². The number of carboxylic acid groups (broad SMARTS) is 1. The monoisotopic (exact) mass is 372 g/mol. The summed E-state index contributed by atoms with van der Waals surface area (Å²) in [6.45, 7) is -0.233. The Bertz CT molecular complexity index is 1040. The fraction of sp³-hybridized carbons (Fsp3) is 0.105.